The molecule has 6 nitrogen and oxygen atoms in total. The standard InChI is InChI=1S/C12H20O6/c1-3-14-11(15-4-1)12(17-5-2-6-18-12)9-13-7-10-8-16-10/h10-11H,1-9H2. The molecule has 0 aromatic rings. The van der Waals surface area contributed by atoms with Crippen LogP contribution in [0.15, 0.2) is 0 Å². The first kappa shape index (κ1) is 12.8. The lowest BCUT2D eigenvalue weighted by Gasteiger charge is -2.42. The van der Waals surface area contributed by atoms with Gasteiger partial charge in [-0.15, -0.1) is 0 Å². The fraction of sp³-hybridized carbons (Fsp3) is 1.00. The minimum absolute atomic E-state index is 0.235. The number of epoxide rings is 1. The van der Waals surface area contributed by atoms with Gasteiger partial charge in [-0.3, -0.25) is 0 Å². The van der Waals surface area contributed by atoms with Gasteiger partial charge in [-0.05, 0) is 12.8 Å². The Morgan fingerprint density at radius 3 is 2.28 bits per heavy atom. The molecule has 3 fully saturated rings. The van der Waals surface area contributed by atoms with E-state index >= 15 is 0 Å². The van der Waals surface area contributed by atoms with Crippen LogP contribution in [0, 0.1) is 0 Å². The summed E-state index contributed by atoms with van der Waals surface area (Å²) < 4.78 is 33.5. The molecule has 0 bridgehead atoms. The maximum atomic E-state index is 5.77. The molecule has 0 radical (unpaired) electrons. The number of hydrogen-bond donors (Lipinski definition) is 0. The highest BCUT2D eigenvalue weighted by Gasteiger charge is 2.46. The summed E-state index contributed by atoms with van der Waals surface area (Å²) in [6, 6.07) is 0. The normalized spacial score (nSPS) is 32.3. The van der Waals surface area contributed by atoms with Gasteiger partial charge in [0.2, 0.25) is 12.1 Å². The maximum absolute atomic E-state index is 5.77. The predicted molar refractivity (Wildman–Crippen MR) is 60.1 cm³/mol. The van der Waals surface area contributed by atoms with Gasteiger partial charge in [0.25, 0.3) is 0 Å². The van der Waals surface area contributed by atoms with E-state index in [1.165, 1.54) is 0 Å². The lowest BCUT2D eigenvalue weighted by molar-refractivity contribution is -0.389. The van der Waals surface area contributed by atoms with Crippen molar-refractivity contribution in [3.05, 3.63) is 0 Å². The first-order valence-electron chi connectivity index (χ1n) is 6.59. The third-order valence-corrected chi connectivity index (χ3v) is 3.18. The second-order valence-corrected chi connectivity index (χ2v) is 4.76. The molecular weight excluding hydrogens is 240 g/mol. The van der Waals surface area contributed by atoms with Crippen molar-refractivity contribution in [3.8, 4) is 0 Å². The van der Waals surface area contributed by atoms with Crippen LogP contribution in [-0.4, -0.2) is 64.4 Å². The monoisotopic (exact) mass is 260 g/mol. The zero-order valence-electron chi connectivity index (χ0n) is 10.5. The average Bonchev–Trinajstić information content (AvgIpc) is 3.25. The van der Waals surface area contributed by atoms with Crippen LogP contribution >= 0.6 is 0 Å². The van der Waals surface area contributed by atoms with Gasteiger partial charge in [0.1, 0.15) is 12.7 Å². The molecule has 0 N–H and O–H groups in total. The summed E-state index contributed by atoms with van der Waals surface area (Å²) in [6.07, 6.45) is 1.54. The van der Waals surface area contributed by atoms with E-state index in [-0.39, 0.29) is 6.10 Å². The topological polar surface area (TPSA) is 58.7 Å². The Kier molecular flexibility index (Phi) is 4.13. The molecule has 0 aliphatic carbocycles. The van der Waals surface area contributed by atoms with Crippen molar-refractivity contribution in [1.82, 2.24) is 0 Å². The van der Waals surface area contributed by atoms with E-state index in [4.69, 9.17) is 28.4 Å². The Labute approximate surface area is 106 Å². The summed E-state index contributed by atoms with van der Waals surface area (Å²) in [6.45, 7) is 4.30. The van der Waals surface area contributed by atoms with Gasteiger partial charge in [-0.1, -0.05) is 0 Å². The fourth-order valence-electron chi connectivity index (χ4n) is 2.12. The predicted octanol–water partition coefficient (Wildman–Crippen LogP) is 0.298. The minimum Gasteiger partial charge on any atom is -0.373 e. The third-order valence-electron chi connectivity index (χ3n) is 3.18. The van der Waals surface area contributed by atoms with Crippen molar-refractivity contribution in [2.75, 3.05) is 46.2 Å². The minimum atomic E-state index is -0.909. The molecule has 1 atom stereocenters. The smallest absolute Gasteiger partial charge is 0.244 e. The molecule has 3 saturated heterocycles. The van der Waals surface area contributed by atoms with Crippen molar-refractivity contribution >= 4 is 0 Å². The Bertz CT molecular complexity index is 255. The largest absolute Gasteiger partial charge is 0.373 e. The summed E-state index contributed by atoms with van der Waals surface area (Å²) >= 11 is 0. The molecule has 6 heteroatoms. The lowest BCUT2D eigenvalue weighted by Crippen LogP contribution is -2.57. The first-order valence-corrected chi connectivity index (χ1v) is 6.59. The van der Waals surface area contributed by atoms with Crippen LogP contribution in [0.1, 0.15) is 12.8 Å². The van der Waals surface area contributed by atoms with Crippen molar-refractivity contribution in [2.45, 2.75) is 31.0 Å². The van der Waals surface area contributed by atoms with E-state index < -0.39 is 12.1 Å². The maximum Gasteiger partial charge on any atom is 0.244 e. The highest BCUT2D eigenvalue weighted by molar-refractivity contribution is 4.80. The summed E-state index contributed by atoms with van der Waals surface area (Å²) in [5.41, 5.74) is 0. The zero-order valence-corrected chi connectivity index (χ0v) is 10.5. The Balaban J connectivity index is 1.57. The molecule has 0 aromatic heterocycles. The van der Waals surface area contributed by atoms with Crippen LogP contribution in [0.3, 0.4) is 0 Å². The molecule has 0 spiro atoms. The van der Waals surface area contributed by atoms with Crippen LogP contribution in [0.5, 0.6) is 0 Å². The highest BCUT2D eigenvalue weighted by atomic mass is 16.8. The molecule has 3 aliphatic rings. The third kappa shape index (κ3) is 3.01. The van der Waals surface area contributed by atoms with Gasteiger partial charge in [-0.2, -0.15) is 0 Å². The second-order valence-electron chi connectivity index (χ2n) is 4.76. The van der Waals surface area contributed by atoms with Gasteiger partial charge >= 0.3 is 0 Å². The zero-order chi connectivity index (χ0) is 12.3. The van der Waals surface area contributed by atoms with E-state index in [1.54, 1.807) is 0 Å². The van der Waals surface area contributed by atoms with Crippen molar-refractivity contribution in [1.29, 1.82) is 0 Å². The van der Waals surface area contributed by atoms with Gasteiger partial charge < -0.3 is 28.4 Å². The highest BCUT2D eigenvalue weighted by Crippen LogP contribution is 2.29. The molecule has 1 unspecified atom stereocenters. The van der Waals surface area contributed by atoms with Gasteiger partial charge in [-0.25, -0.2) is 0 Å². The van der Waals surface area contributed by atoms with Crippen LogP contribution < -0.4 is 0 Å². The van der Waals surface area contributed by atoms with Crippen LogP contribution in [0.2, 0.25) is 0 Å². The molecule has 104 valence electrons. The Hall–Kier alpha value is -0.240. The SMILES string of the molecule is C1COC(C2(COCC3CO3)OCCCO2)OC1. The van der Waals surface area contributed by atoms with E-state index in [1.807, 2.05) is 0 Å². The Morgan fingerprint density at radius 2 is 1.61 bits per heavy atom. The van der Waals surface area contributed by atoms with E-state index in [9.17, 15) is 0 Å². The van der Waals surface area contributed by atoms with E-state index in [0.717, 1.165) is 19.4 Å². The summed E-state index contributed by atoms with van der Waals surface area (Å²) in [5, 5.41) is 0. The molecule has 0 aromatic carbocycles. The molecule has 3 aliphatic heterocycles. The molecule has 3 heterocycles. The van der Waals surface area contributed by atoms with E-state index in [0.29, 0.717) is 39.6 Å². The fourth-order valence-corrected chi connectivity index (χ4v) is 2.12. The van der Waals surface area contributed by atoms with Crippen LogP contribution in [0.25, 0.3) is 0 Å². The summed E-state index contributed by atoms with van der Waals surface area (Å²) in [5.74, 6) is -0.909. The van der Waals surface area contributed by atoms with Crippen molar-refractivity contribution < 1.29 is 28.4 Å². The van der Waals surface area contributed by atoms with Crippen LogP contribution in [0.4, 0.5) is 0 Å². The molecule has 18 heavy (non-hydrogen) atoms. The summed E-state index contributed by atoms with van der Waals surface area (Å²) in [4.78, 5) is 0. The molecule has 3 rings (SSSR count). The van der Waals surface area contributed by atoms with E-state index in [2.05, 4.69) is 0 Å². The quantitative estimate of drug-likeness (QED) is 0.663. The lowest BCUT2D eigenvalue weighted by atomic mass is 10.2. The molecule has 0 amide bonds. The van der Waals surface area contributed by atoms with Crippen molar-refractivity contribution in [2.24, 2.45) is 0 Å². The number of ether oxygens (including phenoxy) is 6. The van der Waals surface area contributed by atoms with Crippen LogP contribution in [-0.2, 0) is 28.4 Å². The van der Waals surface area contributed by atoms with Gasteiger partial charge in [0.05, 0.1) is 39.6 Å². The average molecular weight is 260 g/mol. The summed E-state index contributed by atoms with van der Waals surface area (Å²) in [7, 11) is 0. The molecular formula is C12H20O6. The Morgan fingerprint density at radius 1 is 0.944 bits per heavy atom. The first-order chi connectivity index (χ1) is 8.89. The van der Waals surface area contributed by atoms with Gasteiger partial charge in [0, 0.05) is 0 Å². The molecule has 0 saturated carbocycles. The number of rotatable bonds is 5. The second kappa shape index (κ2) is 5.81. The van der Waals surface area contributed by atoms with Gasteiger partial charge in [0.15, 0.2) is 0 Å². The van der Waals surface area contributed by atoms with Crippen molar-refractivity contribution in [3.63, 3.8) is 0 Å². The number of hydrogen-bond acceptors (Lipinski definition) is 6.